The van der Waals surface area contributed by atoms with E-state index in [0.717, 1.165) is 35.8 Å². The molecule has 2 aliphatic rings. The molecule has 0 heterocycles. The Morgan fingerprint density at radius 3 is 1.82 bits per heavy atom. The molecular formula is C16H31N. The Balaban J connectivity index is 1.90. The highest BCUT2D eigenvalue weighted by molar-refractivity contribution is 4.88. The van der Waals surface area contributed by atoms with Gasteiger partial charge in [-0.1, -0.05) is 34.1 Å². The first-order valence-corrected chi connectivity index (χ1v) is 7.82. The molecule has 1 heteroatoms. The molecule has 0 aromatic heterocycles. The number of rotatable bonds is 2. The molecule has 0 aromatic carbocycles. The van der Waals surface area contributed by atoms with Crippen molar-refractivity contribution in [2.45, 2.75) is 78.3 Å². The van der Waals surface area contributed by atoms with Gasteiger partial charge in [0.2, 0.25) is 0 Å². The number of nitrogens with one attached hydrogen (secondary N) is 1. The lowest BCUT2D eigenvalue weighted by Crippen LogP contribution is -2.49. The van der Waals surface area contributed by atoms with E-state index in [1.165, 1.54) is 38.5 Å². The molecule has 4 unspecified atom stereocenters. The normalized spacial score (nSPS) is 48.0. The van der Waals surface area contributed by atoms with E-state index in [1.54, 1.807) is 0 Å². The van der Waals surface area contributed by atoms with Crippen molar-refractivity contribution in [3.63, 3.8) is 0 Å². The second-order valence-electron chi connectivity index (χ2n) is 7.19. The summed E-state index contributed by atoms with van der Waals surface area (Å²) in [7, 11) is 0. The first-order valence-electron chi connectivity index (χ1n) is 7.82. The van der Waals surface area contributed by atoms with Crippen LogP contribution in [-0.4, -0.2) is 12.1 Å². The van der Waals surface area contributed by atoms with Crippen LogP contribution in [0.2, 0.25) is 0 Å². The van der Waals surface area contributed by atoms with Crippen molar-refractivity contribution in [1.82, 2.24) is 5.32 Å². The topological polar surface area (TPSA) is 12.0 Å². The quantitative estimate of drug-likeness (QED) is 0.758. The summed E-state index contributed by atoms with van der Waals surface area (Å²) in [6.45, 7) is 9.75. The van der Waals surface area contributed by atoms with E-state index in [4.69, 9.17) is 0 Å². The monoisotopic (exact) mass is 237 g/mol. The zero-order valence-corrected chi connectivity index (χ0v) is 12.2. The summed E-state index contributed by atoms with van der Waals surface area (Å²) in [6, 6.07) is 1.58. The third-order valence-corrected chi connectivity index (χ3v) is 5.15. The molecule has 0 radical (unpaired) electrons. The van der Waals surface area contributed by atoms with Crippen LogP contribution >= 0.6 is 0 Å². The molecule has 2 aliphatic carbocycles. The molecule has 1 N–H and O–H groups in total. The van der Waals surface area contributed by atoms with E-state index in [0.29, 0.717) is 0 Å². The maximum absolute atomic E-state index is 4.02. The Hall–Kier alpha value is -0.0400. The molecule has 0 bridgehead atoms. The highest BCUT2D eigenvalue weighted by atomic mass is 15.0. The van der Waals surface area contributed by atoms with Crippen molar-refractivity contribution in [3.05, 3.63) is 0 Å². The predicted octanol–water partition coefficient (Wildman–Crippen LogP) is 4.23. The smallest absolute Gasteiger partial charge is 0.0121 e. The third kappa shape index (κ3) is 3.47. The van der Waals surface area contributed by atoms with Gasteiger partial charge in [0.15, 0.2) is 0 Å². The summed E-state index contributed by atoms with van der Waals surface area (Å²) in [5.74, 6) is 3.61. The van der Waals surface area contributed by atoms with Gasteiger partial charge < -0.3 is 5.32 Å². The van der Waals surface area contributed by atoms with Crippen LogP contribution in [0.25, 0.3) is 0 Å². The molecule has 17 heavy (non-hydrogen) atoms. The average molecular weight is 237 g/mol. The lowest BCUT2D eigenvalue weighted by atomic mass is 9.76. The van der Waals surface area contributed by atoms with Gasteiger partial charge in [-0.2, -0.15) is 0 Å². The Labute approximate surface area is 108 Å². The van der Waals surface area contributed by atoms with Gasteiger partial charge in [-0.3, -0.25) is 0 Å². The van der Waals surface area contributed by atoms with Crippen molar-refractivity contribution in [3.8, 4) is 0 Å². The maximum Gasteiger partial charge on any atom is 0.0121 e. The molecule has 2 fully saturated rings. The average Bonchev–Trinajstić information content (AvgIpc) is 2.22. The Kier molecular flexibility index (Phi) is 4.52. The van der Waals surface area contributed by atoms with Crippen molar-refractivity contribution in [2.24, 2.45) is 23.7 Å². The fourth-order valence-electron chi connectivity index (χ4n) is 4.37. The minimum atomic E-state index is 0.784. The molecule has 4 atom stereocenters. The van der Waals surface area contributed by atoms with Crippen molar-refractivity contribution < 1.29 is 0 Å². The van der Waals surface area contributed by atoms with Crippen LogP contribution in [0.1, 0.15) is 66.2 Å². The molecule has 0 aliphatic heterocycles. The predicted molar refractivity (Wildman–Crippen MR) is 75.1 cm³/mol. The van der Waals surface area contributed by atoms with Gasteiger partial charge in [-0.15, -0.1) is 0 Å². The van der Waals surface area contributed by atoms with Crippen molar-refractivity contribution in [1.29, 1.82) is 0 Å². The SMILES string of the molecule is CC1CC(C)CC(NC2C(C)CCCC2C)C1. The van der Waals surface area contributed by atoms with E-state index in [9.17, 15) is 0 Å². The van der Waals surface area contributed by atoms with Gasteiger partial charge in [0.1, 0.15) is 0 Å². The van der Waals surface area contributed by atoms with Gasteiger partial charge in [-0.25, -0.2) is 0 Å². The molecular weight excluding hydrogens is 206 g/mol. The summed E-state index contributed by atoms with van der Waals surface area (Å²) in [6.07, 6.45) is 8.55. The summed E-state index contributed by atoms with van der Waals surface area (Å²) in [5, 5.41) is 4.02. The fourth-order valence-corrected chi connectivity index (χ4v) is 4.37. The fraction of sp³-hybridized carbons (Fsp3) is 1.00. The number of hydrogen-bond donors (Lipinski definition) is 1. The van der Waals surface area contributed by atoms with E-state index < -0.39 is 0 Å². The lowest BCUT2D eigenvalue weighted by molar-refractivity contribution is 0.153. The lowest BCUT2D eigenvalue weighted by Gasteiger charge is -2.41. The van der Waals surface area contributed by atoms with Gasteiger partial charge in [0, 0.05) is 12.1 Å². The first-order chi connectivity index (χ1) is 8.06. The van der Waals surface area contributed by atoms with Crippen LogP contribution in [-0.2, 0) is 0 Å². The van der Waals surface area contributed by atoms with Gasteiger partial charge in [0.25, 0.3) is 0 Å². The van der Waals surface area contributed by atoms with Crippen LogP contribution in [0.3, 0.4) is 0 Å². The zero-order chi connectivity index (χ0) is 12.4. The van der Waals surface area contributed by atoms with Crippen molar-refractivity contribution in [2.75, 3.05) is 0 Å². The molecule has 2 saturated carbocycles. The van der Waals surface area contributed by atoms with Crippen LogP contribution in [0.4, 0.5) is 0 Å². The van der Waals surface area contributed by atoms with Crippen LogP contribution in [0, 0.1) is 23.7 Å². The Morgan fingerprint density at radius 2 is 1.29 bits per heavy atom. The van der Waals surface area contributed by atoms with Crippen molar-refractivity contribution >= 4 is 0 Å². The van der Waals surface area contributed by atoms with Gasteiger partial charge >= 0.3 is 0 Å². The summed E-state index contributed by atoms with van der Waals surface area (Å²) in [4.78, 5) is 0. The zero-order valence-electron chi connectivity index (χ0n) is 12.2. The highest BCUT2D eigenvalue weighted by Gasteiger charge is 2.31. The van der Waals surface area contributed by atoms with Gasteiger partial charge in [0.05, 0.1) is 0 Å². The molecule has 100 valence electrons. The summed E-state index contributed by atoms with van der Waals surface area (Å²) in [5.41, 5.74) is 0. The maximum atomic E-state index is 4.02. The first kappa shape index (κ1) is 13.4. The Morgan fingerprint density at radius 1 is 0.765 bits per heavy atom. The third-order valence-electron chi connectivity index (χ3n) is 5.15. The molecule has 0 saturated heterocycles. The van der Waals surface area contributed by atoms with E-state index in [-0.39, 0.29) is 0 Å². The van der Waals surface area contributed by atoms with Crippen LogP contribution < -0.4 is 5.32 Å². The van der Waals surface area contributed by atoms with Crippen LogP contribution in [0.15, 0.2) is 0 Å². The summed E-state index contributed by atoms with van der Waals surface area (Å²) >= 11 is 0. The summed E-state index contributed by atoms with van der Waals surface area (Å²) < 4.78 is 0. The largest absolute Gasteiger partial charge is 0.311 e. The van der Waals surface area contributed by atoms with Crippen LogP contribution in [0.5, 0.6) is 0 Å². The molecule has 0 spiro atoms. The molecule has 1 nitrogen and oxygen atoms in total. The van der Waals surface area contributed by atoms with E-state index >= 15 is 0 Å². The highest BCUT2D eigenvalue weighted by Crippen LogP contribution is 2.33. The molecule has 2 rings (SSSR count). The van der Waals surface area contributed by atoms with E-state index in [2.05, 4.69) is 33.0 Å². The minimum Gasteiger partial charge on any atom is -0.311 e. The van der Waals surface area contributed by atoms with Gasteiger partial charge in [-0.05, 0) is 55.8 Å². The Bertz CT molecular complexity index is 218. The van der Waals surface area contributed by atoms with E-state index in [1.807, 2.05) is 0 Å². The standard InChI is InChI=1S/C16H31N/c1-11-8-12(2)10-15(9-11)17-16-13(3)6-5-7-14(16)4/h11-17H,5-10H2,1-4H3. The number of hydrogen-bond acceptors (Lipinski definition) is 1. The molecule has 0 aromatic rings. The second-order valence-corrected chi connectivity index (χ2v) is 7.19. The minimum absolute atomic E-state index is 0.784. The second kappa shape index (κ2) is 5.73. The molecule has 0 amide bonds.